The highest BCUT2D eigenvalue weighted by Gasteiger charge is 2.22. The van der Waals surface area contributed by atoms with Gasteiger partial charge in [-0.3, -0.25) is 5.43 Å². The molecule has 0 aliphatic carbocycles. The molecule has 1 aliphatic heterocycles. The van der Waals surface area contributed by atoms with Crippen LogP contribution in [0.25, 0.3) is 22.6 Å². The fourth-order valence-electron chi connectivity index (χ4n) is 2.90. The molecule has 0 fully saturated rings. The summed E-state index contributed by atoms with van der Waals surface area (Å²) in [4.78, 5) is 4.52. The normalized spacial score (nSPS) is 20.7. The molecular weight excluding hydrogens is 326 g/mol. The molecule has 5 nitrogen and oxygen atoms in total. The van der Waals surface area contributed by atoms with E-state index in [1.165, 1.54) is 0 Å². The van der Waals surface area contributed by atoms with Crippen molar-refractivity contribution < 1.29 is 9.52 Å². The summed E-state index contributed by atoms with van der Waals surface area (Å²) in [6, 6.07) is 13.2. The van der Waals surface area contributed by atoms with Crippen molar-refractivity contribution in [1.29, 1.82) is 0 Å². The van der Waals surface area contributed by atoms with Gasteiger partial charge in [-0.25, -0.2) is 4.98 Å². The van der Waals surface area contributed by atoms with E-state index in [2.05, 4.69) is 15.5 Å². The molecule has 0 saturated heterocycles. The Bertz CT molecular complexity index is 918. The predicted molar refractivity (Wildman–Crippen MR) is 93.9 cm³/mol. The average molecular weight is 342 g/mol. The van der Waals surface area contributed by atoms with Gasteiger partial charge in [0.1, 0.15) is 11.7 Å². The Labute approximate surface area is 144 Å². The van der Waals surface area contributed by atoms with E-state index in [0.29, 0.717) is 22.9 Å². The topological polar surface area (TPSA) is 70.7 Å². The van der Waals surface area contributed by atoms with Gasteiger partial charge in [0.25, 0.3) is 0 Å². The number of aliphatic hydroxyl groups is 1. The van der Waals surface area contributed by atoms with Crippen LogP contribution in [0.1, 0.15) is 18.9 Å². The van der Waals surface area contributed by atoms with Crippen LogP contribution in [0.4, 0.5) is 0 Å². The SMILES string of the molecule is CC1CC(O)NN=C1c1ccc2nc(-c3ccc(Cl)cc3)oc2c1. The summed E-state index contributed by atoms with van der Waals surface area (Å²) in [7, 11) is 0. The lowest BCUT2D eigenvalue weighted by Crippen LogP contribution is -2.35. The molecule has 3 aromatic rings. The molecule has 2 unspecified atom stereocenters. The Hall–Kier alpha value is -2.37. The number of halogens is 1. The first-order chi connectivity index (χ1) is 11.6. The lowest BCUT2D eigenvalue weighted by Gasteiger charge is -2.24. The third kappa shape index (κ3) is 2.77. The van der Waals surface area contributed by atoms with Gasteiger partial charge in [-0.1, -0.05) is 24.6 Å². The number of nitrogens with zero attached hydrogens (tertiary/aromatic N) is 2. The quantitative estimate of drug-likeness (QED) is 0.743. The van der Waals surface area contributed by atoms with Crippen LogP contribution in [0.2, 0.25) is 5.02 Å². The summed E-state index contributed by atoms with van der Waals surface area (Å²) < 4.78 is 5.90. The Morgan fingerprint density at radius 3 is 2.67 bits per heavy atom. The number of hydrazone groups is 1. The second-order valence-corrected chi connectivity index (χ2v) is 6.42. The molecule has 2 heterocycles. The van der Waals surface area contributed by atoms with Gasteiger partial charge >= 0.3 is 0 Å². The largest absolute Gasteiger partial charge is 0.436 e. The zero-order valence-corrected chi connectivity index (χ0v) is 13.8. The van der Waals surface area contributed by atoms with E-state index in [0.717, 1.165) is 22.4 Å². The first-order valence-corrected chi connectivity index (χ1v) is 8.16. The van der Waals surface area contributed by atoms with Gasteiger partial charge in [-0.15, -0.1) is 0 Å². The molecule has 4 rings (SSSR count). The first kappa shape index (κ1) is 15.2. The first-order valence-electron chi connectivity index (χ1n) is 7.78. The van der Waals surface area contributed by atoms with E-state index < -0.39 is 6.23 Å². The Kier molecular flexibility index (Phi) is 3.75. The number of hydrogen-bond donors (Lipinski definition) is 2. The van der Waals surface area contributed by atoms with E-state index in [4.69, 9.17) is 16.0 Å². The minimum atomic E-state index is -0.589. The lowest BCUT2D eigenvalue weighted by atomic mass is 9.93. The Balaban J connectivity index is 1.72. The van der Waals surface area contributed by atoms with Crippen LogP contribution in [-0.2, 0) is 0 Å². The summed E-state index contributed by atoms with van der Waals surface area (Å²) >= 11 is 5.92. The highest BCUT2D eigenvalue weighted by Crippen LogP contribution is 2.27. The van der Waals surface area contributed by atoms with Crippen LogP contribution in [0.5, 0.6) is 0 Å². The number of aliphatic hydroxyl groups excluding tert-OH is 1. The van der Waals surface area contributed by atoms with Gasteiger partial charge in [0.05, 0.1) is 5.71 Å². The molecule has 1 aromatic heterocycles. The molecule has 0 bridgehead atoms. The number of rotatable bonds is 2. The van der Waals surface area contributed by atoms with E-state index in [1.807, 2.05) is 49.4 Å². The van der Waals surface area contributed by atoms with Crippen molar-refractivity contribution in [1.82, 2.24) is 10.4 Å². The van der Waals surface area contributed by atoms with E-state index in [9.17, 15) is 5.11 Å². The summed E-state index contributed by atoms with van der Waals surface area (Å²) in [5, 5.41) is 14.6. The van der Waals surface area contributed by atoms with Gasteiger partial charge < -0.3 is 9.52 Å². The molecule has 0 amide bonds. The number of oxazole rings is 1. The van der Waals surface area contributed by atoms with Gasteiger partial charge in [-0.05, 0) is 36.4 Å². The number of aromatic nitrogens is 1. The number of nitrogens with one attached hydrogen (secondary N) is 1. The minimum absolute atomic E-state index is 0.164. The molecule has 122 valence electrons. The zero-order chi connectivity index (χ0) is 16.7. The van der Waals surface area contributed by atoms with Crippen molar-refractivity contribution in [2.75, 3.05) is 0 Å². The fourth-order valence-corrected chi connectivity index (χ4v) is 3.03. The van der Waals surface area contributed by atoms with Crippen LogP contribution >= 0.6 is 11.6 Å². The van der Waals surface area contributed by atoms with E-state index in [-0.39, 0.29) is 5.92 Å². The highest BCUT2D eigenvalue weighted by atomic mass is 35.5. The monoisotopic (exact) mass is 341 g/mol. The van der Waals surface area contributed by atoms with Crippen LogP contribution < -0.4 is 5.43 Å². The average Bonchev–Trinajstić information content (AvgIpc) is 2.98. The smallest absolute Gasteiger partial charge is 0.227 e. The third-order valence-corrected chi connectivity index (χ3v) is 4.40. The molecule has 0 spiro atoms. The lowest BCUT2D eigenvalue weighted by molar-refractivity contribution is 0.114. The van der Waals surface area contributed by atoms with Gasteiger partial charge in [0.15, 0.2) is 5.58 Å². The highest BCUT2D eigenvalue weighted by molar-refractivity contribution is 6.30. The van der Waals surface area contributed by atoms with E-state index >= 15 is 0 Å². The molecule has 6 heteroatoms. The second-order valence-electron chi connectivity index (χ2n) is 5.99. The molecule has 2 atom stereocenters. The van der Waals surface area contributed by atoms with Crippen molar-refractivity contribution in [3.63, 3.8) is 0 Å². The van der Waals surface area contributed by atoms with Crippen molar-refractivity contribution in [2.45, 2.75) is 19.6 Å². The van der Waals surface area contributed by atoms with Crippen molar-refractivity contribution in [3.8, 4) is 11.5 Å². The molecule has 0 saturated carbocycles. The van der Waals surface area contributed by atoms with Crippen molar-refractivity contribution >= 4 is 28.4 Å². The number of benzene rings is 2. The molecule has 24 heavy (non-hydrogen) atoms. The molecule has 0 radical (unpaired) electrons. The van der Waals surface area contributed by atoms with Crippen molar-refractivity contribution in [3.05, 3.63) is 53.1 Å². The second kappa shape index (κ2) is 5.92. The maximum atomic E-state index is 9.61. The predicted octanol–water partition coefficient (Wildman–Crippen LogP) is 3.80. The number of hydrogen-bond acceptors (Lipinski definition) is 5. The summed E-state index contributed by atoms with van der Waals surface area (Å²) in [6.07, 6.45) is 0.0396. The van der Waals surface area contributed by atoms with Crippen molar-refractivity contribution in [2.24, 2.45) is 11.0 Å². The fraction of sp³-hybridized carbons (Fsp3) is 0.222. The van der Waals surface area contributed by atoms with Crippen LogP contribution in [0, 0.1) is 5.92 Å². The van der Waals surface area contributed by atoms with Crippen LogP contribution in [0.3, 0.4) is 0 Å². The summed E-state index contributed by atoms with van der Waals surface area (Å²) in [5.41, 5.74) is 6.98. The molecule has 2 N–H and O–H groups in total. The summed E-state index contributed by atoms with van der Waals surface area (Å²) in [5.74, 6) is 0.725. The zero-order valence-electron chi connectivity index (χ0n) is 13.0. The molecule has 2 aromatic carbocycles. The third-order valence-electron chi connectivity index (χ3n) is 4.15. The van der Waals surface area contributed by atoms with Crippen LogP contribution in [0.15, 0.2) is 52.0 Å². The maximum Gasteiger partial charge on any atom is 0.227 e. The summed E-state index contributed by atoms with van der Waals surface area (Å²) in [6.45, 7) is 2.05. The standard InChI is InChI=1S/C18H16ClN3O2/c1-10-8-16(23)21-22-17(10)12-4-7-14-15(9-12)24-18(20-14)11-2-5-13(19)6-3-11/h2-7,9-10,16,21,23H,8H2,1H3. The molecular formula is C18H16ClN3O2. The number of fused-ring (bicyclic) bond motifs is 1. The van der Waals surface area contributed by atoms with Gasteiger partial charge in [-0.2, -0.15) is 5.10 Å². The van der Waals surface area contributed by atoms with Gasteiger partial charge in [0, 0.05) is 28.5 Å². The maximum absolute atomic E-state index is 9.61. The van der Waals surface area contributed by atoms with E-state index in [1.54, 1.807) is 0 Å². The Morgan fingerprint density at radius 1 is 1.17 bits per heavy atom. The minimum Gasteiger partial charge on any atom is -0.436 e. The molecule has 1 aliphatic rings. The Morgan fingerprint density at radius 2 is 1.92 bits per heavy atom. The van der Waals surface area contributed by atoms with Crippen LogP contribution in [-0.4, -0.2) is 22.0 Å². The van der Waals surface area contributed by atoms with Gasteiger partial charge in [0.2, 0.25) is 5.89 Å².